The molecule has 1 saturated heterocycles. The zero-order valence-electron chi connectivity index (χ0n) is 17.4. The normalized spacial score (nSPS) is 14.6. The van der Waals surface area contributed by atoms with E-state index in [2.05, 4.69) is 34.5 Å². The van der Waals surface area contributed by atoms with Crippen molar-refractivity contribution in [2.24, 2.45) is 0 Å². The summed E-state index contributed by atoms with van der Waals surface area (Å²) < 4.78 is 10.6. The van der Waals surface area contributed by atoms with Gasteiger partial charge in [-0.05, 0) is 36.2 Å². The molecule has 0 saturated carbocycles. The van der Waals surface area contributed by atoms with E-state index in [9.17, 15) is 4.79 Å². The minimum absolute atomic E-state index is 0.177. The molecule has 6 nitrogen and oxygen atoms in total. The quantitative estimate of drug-likeness (QED) is 0.658. The first-order chi connectivity index (χ1) is 14.2. The van der Waals surface area contributed by atoms with Crippen molar-refractivity contribution < 1.29 is 14.3 Å². The summed E-state index contributed by atoms with van der Waals surface area (Å²) in [4.78, 5) is 16.8. The number of ether oxygens (including phenoxy) is 2. The number of rotatable bonds is 9. The maximum absolute atomic E-state index is 12.5. The largest absolute Gasteiger partial charge is 0.493 e. The van der Waals surface area contributed by atoms with Crippen LogP contribution < -0.4 is 14.8 Å². The lowest BCUT2D eigenvalue weighted by Crippen LogP contribution is -2.50. The summed E-state index contributed by atoms with van der Waals surface area (Å²) in [6, 6.07) is 16.4. The van der Waals surface area contributed by atoms with Gasteiger partial charge in [0.2, 0.25) is 5.91 Å². The minimum atomic E-state index is 0.177. The van der Waals surface area contributed by atoms with E-state index in [0.717, 1.165) is 62.8 Å². The third-order valence-electron chi connectivity index (χ3n) is 5.29. The second kappa shape index (κ2) is 10.8. The van der Waals surface area contributed by atoms with E-state index in [1.807, 2.05) is 29.2 Å². The van der Waals surface area contributed by atoms with E-state index in [4.69, 9.17) is 9.47 Å². The number of amides is 1. The molecule has 1 aliphatic heterocycles. The Kier molecular flexibility index (Phi) is 7.90. The van der Waals surface area contributed by atoms with Gasteiger partial charge < -0.3 is 19.7 Å². The molecule has 1 fully saturated rings. The molecule has 1 amide bonds. The molecular formula is C23H31N3O3. The molecule has 0 radical (unpaired) electrons. The van der Waals surface area contributed by atoms with E-state index < -0.39 is 0 Å². The van der Waals surface area contributed by atoms with Crippen molar-refractivity contribution in [2.75, 3.05) is 53.5 Å². The summed E-state index contributed by atoms with van der Waals surface area (Å²) in [6.45, 7) is 5.51. The fourth-order valence-corrected chi connectivity index (χ4v) is 3.57. The van der Waals surface area contributed by atoms with E-state index in [0.29, 0.717) is 6.54 Å². The Hall–Kier alpha value is -2.57. The van der Waals surface area contributed by atoms with Crippen LogP contribution in [0.2, 0.25) is 0 Å². The molecule has 0 atom stereocenters. The van der Waals surface area contributed by atoms with Gasteiger partial charge in [0.05, 0.1) is 20.8 Å². The van der Waals surface area contributed by atoms with Crippen molar-refractivity contribution in [2.45, 2.75) is 13.0 Å². The van der Waals surface area contributed by atoms with Crippen LogP contribution >= 0.6 is 0 Å². The third-order valence-corrected chi connectivity index (χ3v) is 5.29. The van der Waals surface area contributed by atoms with Crippen molar-refractivity contribution in [3.05, 3.63) is 59.7 Å². The average molecular weight is 398 g/mol. The molecule has 0 unspecified atom stereocenters. The van der Waals surface area contributed by atoms with Crippen molar-refractivity contribution >= 4 is 5.91 Å². The number of benzene rings is 2. The van der Waals surface area contributed by atoms with Crippen LogP contribution in [0.4, 0.5) is 0 Å². The van der Waals surface area contributed by atoms with Crippen LogP contribution in [0, 0.1) is 0 Å². The number of nitrogens with zero attached hydrogens (tertiary/aromatic N) is 2. The lowest BCUT2D eigenvalue weighted by Gasteiger charge is -2.34. The highest BCUT2D eigenvalue weighted by Crippen LogP contribution is 2.27. The van der Waals surface area contributed by atoms with Crippen LogP contribution in [-0.2, 0) is 17.8 Å². The number of hydrogen-bond donors (Lipinski definition) is 1. The molecule has 3 rings (SSSR count). The molecule has 0 aromatic heterocycles. The van der Waals surface area contributed by atoms with Crippen LogP contribution in [0.3, 0.4) is 0 Å². The summed E-state index contributed by atoms with van der Waals surface area (Å²) in [5.74, 6) is 1.64. The fraction of sp³-hybridized carbons (Fsp3) is 0.435. The summed E-state index contributed by atoms with van der Waals surface area (Å²) in [5.41, 5.74) is 2.47. The smallest absolute Gasteiger partial charge is 0.236 e. The number of nitrogens with one attached hydrogen (secondary N) is 1. The summed E-state index contributed by atoms with van der Waals surface area (Å²) in [7, 11) is 3.27. The van der Waals surface area contributed by atoms with Crippen molar-refractivity contribution in [1.29, 1.82) is 0 Å². The Morgan fingerprint density at radius 2 is 1.66 bits per heavy atom. The molecular weight excluding hydrogens is 366 g/mol. The molecule has 6 heteroatoms. The summed E-state index contributed by atoms with van der Waals surface area (Å²) in [5, 5.41) is 3.27. The second-order valence-corrected chi connectivity index (χ2v) is 7.26. The van der Waals surface area contributed by atoms with Gasteiger partial charge in [-0.3, -0.25) is 9.69 Å². The highest BCUT2D eigenvalue weighted by molar-refractivity contribution is 5.78. The number of hydrogen-bond acceptors (Lipinski definition) is 5. The first-order valence-electron chi connectivity index (χ1n) is 10.2. The molecule has 0 spiro atoms. The van der Waals surface area contributed by atoms with Gasteiger partial charge >= 0.3 is 0 Å². The van der Waals surface area contributed by atoms with Crippen molar-refractivity contribution in [3.8, 4) is 11.5 Å². The Bertz CT molecular complexity index is 774. The van der Waals surface area contributed by atoms with Gasteiger partial charge in [0.15, 0.2) is 11.5 Å². The predicted molar refractivity (Wildman–Crippen MR) is 114 cm³/mol. The molecule has 1 heterocycles. The maximum Gasteiger partial charge on any atom is 0.236 e. The van der Waals surface area contributed by atoms with E-state index in [1.54, 1.807) is 14.2 Å². The SMILES string of the molecule is COc1ccc(CCNCC(=O)N2CCN(Cc3ccccc3)CC2)cc1OC. The Morgan fingerprint density at radius 3 is 2.34 bits per heavy atom. The van der Waals surface area contributed by atoms with Gasteiger partial charge in [0.25, 0.3) is 0 Å². The van der Waals surface area contributed by atoms with Crippen molar-refractivity contribution in [1.82, 2.24) is 15.1 Å². The highest BCUT2D eigenvalue weighted by Gasteiger charge is 2.20. The zero-order chi connectivity index (χ0) is 20.5. The average Bonchev–Trinajstić information content (AvgIpc) is 2.77. The zero-order valence-corrected chi connectivity index (χ0v) is 17.4. The Labute approximate surface area is 173 Å². The molecule has 1 N–H and O–H groups in total. The van der Waals surface area contributed by atoms with Gasteiger partial charge in [-0.25, -0.2) is 0 Å². The van der Waals surface area contributed by atoms with Crippen LogP contribution in [0.5, 0.6) is 11.5 Å². The number of piperazine rings is 1. The monoisotopic (exact) mass is 397 g/mol. The van der Waals surface area contributed by atoms with Gasteiger partial charge in [-0.1, -0.05) is 36.4 Å². The lowest BCUT2D eigenvalue weighted by atomic mass is 10.1. The minimum Gasteiger partial charge on any atom is -0.493 e. The molecule has 0 aliphatic carbocycles. The molecule has 29 heavy (non-hydrogen) atoms. The standard InChI is InChI=1S/C23H31N3O3/c1-28-21-9-8-19(16-22(21)29-2)10-11-24-17-23(27)26-14-12-25(13-15-26)18-20-6-4-3-5-7-20/h3-9,16,24H,10-15,17-18H2,1-2H3. The van der Waals surface area contributed by atoms with Crippen LogP contribution in [0.1, 0.15) is 11.1 Å². The van der Waals surface area contributed by atoms with Gasteiger partial charge in [0, 0.05) is 32.7 Å². The fourth-order valence-electron chi connectivity index (χ4n) is 3.57. The number of carbonyl (C=O) groups excluding carboxylic acids is 1. The Morgan fingerprint density at radius 1 is 0.931 bits per heavy atom. The van der Waals surface area contributed by atoms with Crippen LogP contribution in [0.15, 0.2) is 48.5 Å². The van der Waals surface area contributed by atoms with Crippen molar-refractivity contribution in [3.63, 3.8) is 0 Å². The molecule has 1 aliphatic rings. The first kappa shape index (κ1) is 21.1. The van der Waals surface area contributed by atoms with Crippen LogP contribution in [-0.4, -0.2) is 69.2 Å². The molecule has 2 aromatic rings. The first-order valence-corrected chi connectivity index (χ1v) is 10.2. The van der Waals surface area contributed by atoms with E-state index >= 15 is 0 Å². The van der Waals surface area contributed by atoms with Gasteiger partial charge in [-0.2, -0.15) is 0 Å². The number of carbonyl (C=O) groups is 1. The molecule has 0 bridgehead atoms. The molecule has 156 valence electrons. The van der Waals surface area contributed by atoms with Crippen LogP contribution in [0.25, 0.3) is 0 Å². The summed E-state index contributed by atoms with van der Waals surface area (Å²) >= 11 is 0. The van der Waals surface area contributed by atoms with Gasteiger partial charge in [0.1, 0.15) is 0 Å². The van der Waals surface area contributed by atoms with Gasteiger partial charge in [-0.15, -0.1) is 0 Å². The summed E-state index contributed by atoms with van der Waals surface area (Å²) in [6.07, 6.45) is 0.832. The lowest BCUT2D eigenvalue weighted by molar-refractivity contribution is -0.132. The topological polar surface area (TPSA) is 54.0 Å². The van der Waals surface area contributed by atoms with E-state index in [1.165, 1.54) is 5.56 Å². The Balaban J connectivity index is 1.35. The predicted octanol–water partition coefficient (Wildman–Crippen LogP) is 2.18. The number of methoxy groups -OCH3 is 2. The highest BCUT2D eigenvalue weighted by atomic mass is 16.5. The molecule has 2 aromatic carbocycles. The maximum atomic E-state index is 12.5. The third kappa shape index (κ3) is 6.21. The van der Waals surface area contributed by atoms with E-state index in [-0.39, 0.29) is 5.91 Å². The second-order valence-electron chi connectivity index (χ2n) is 7.26.